The summed E-state index contributed by atoms with van der Waals surface area (Å²) in [6.07, 6.45) is 3.40. The van der Waals surface area contributed by atoms with Crippen LogP contribution in [0.5, 0.6) is 0 Å². The maximum Gasteiger partial charge on any atom is 0.451 e. The number of carbonyl (C=O) groups is 1. The van der Waals surface area contributed by atoms with E-state index in [9.17, 15) is 9.90 Å². The van der Waals surface area contributed by atoms with E-state index in [1.54, 1.807) is 18.3 Å². The maximum absolute atomic E-state index is 11.5. The van der Waals surface area contributed by atoms with Gasteiger partial charge in [-0.1, -0.05) is 12.5 Å². The molecule has 7 heteroatoms. The van der Waals surface area contributed by atoms with E-state index < -0.39 is 18.6 Å². The molecular formula is C12H17BN2O4. The van der Waals surface area contributed by atoms with Crippen LogP contribution in [0.25, 0.3) is 0 Å². The van der Waals surface area contributed by atoms with Gasteiger partial charge >= 0.3 is 13.1 Å². The summed E-state index contributed by atoms with van der Waals surface area (Å²) in [5.74, 6) is -1.33. The number of aliphatic carboxylic acids is 1. The lowest BCUT2D eigenvalue weighted by molar-refractivity contribution is -0.145. The predicted molar refractivity (Wildman–Crippen MR) is 69.2 cm³/mol. The third-order valence-electron chi connectivity index (χ3n) is 3.79. The molecule has 0 saturated heterocycles. The Bertz CT molecular complexity index is 483. The van der Waals surface area contributed by atoms with Gasteiger partial charge in [0.2, 0.25) is 0 Å². The van der Waals surface area contributed by atoms with Crippen molar-refractivity contribution < 1.29 is 19.9 Å². The van der Waals surface area contributed by atoms with Gasteiger partial charge in [0.1, 0.15) is 5.54 Å². The SMILES string of the molecule is NC1(C(=O)O)c2cccnc2CC1CCCB(O)O. The van der Waals surface area contributed by atoms with Crippen molar-refractivity contribution in [3.05, 3.63) is 29.6 Å². The third kappa shape index (κ3) is 2.49. The molecule has 0 fully saturated rings. The van der Waals surface area contributed by atoms with Gasteiger partial charge in [-0.2, -0.15) is 0 Å². The van der Waals surface area contributed by atoms with Gasteiger partial charge in [-0.15, -0.1) is 0 Å². The molecule has 0 amide bonds. The molecule has 19 heavy (non-hydrogen) atoms. The first kappa shape index (κ1) is 14.0. The fourth-order valence-corrected chi connectivity index (χ4v) is 2.76. The van der Waals surface area contributed by atoms with E-state index in [0.717, 1.165) is 5.69 Å². The highest BCUT2D eigenvalue weighted by Crippen LogP contribution is 2.41. The molecule has 1 aliphatic carbocycles. The van der Waals surface area contributed by atoms with Crippen LogP contribution in [-0.4, -0.2) is 33.2 Å². The second-order valence-electron chi connectivity index (χ2n) is 4.98. The summed E-state index contributed by atoms with van der Waals surface area (Å²) in [6, 6.07) is 3.39. The third-order valence-corrected chi connectivity index (χ3v) is 3.79. The number of carboxylic acids is 1. The van der Waals surface area contributed by atoms with Gasteiger partial charge in [-0.05, 0) is 31.1 Å². The molecule has 1 aliphatic rings. The molecule has 1 heterocycles. The van der Waals surface area contributed by atoms with Gasteiger partial charge in [0, 0.05) is 17.5 Å². The van der Waals surface area contributed by atoms with Crippen LogP contribution in [0.3, 0.4) is 0 Å². The second kappa shape index (κ2) is 5.28. The summed E-state index contributed by atoms with van der Waals surface area (Å²) in [5.41, 5.74) is 5.97. The summed E-state index contributed by atoms with van der Waals surface area (Å²) >= 11 is 0. The van der Waals surface area contributed by atoms with Crippen molar-refractivity contribution >= 4 is 13.1 Å². The molecule has 0 radical (unpaired) electrons. The molecule has 0 aromatic carbocycles. The Hall–Kier alpha value is -1.44. The lowest BCUT2D eigenvalue weighted by atomic mass is 9.77. The molecule has 5 N–H and O–H groups in total. The van der Waals surface area contributed by atoms with E-state index in [2.05, 4.69) is 4.98 Å². The van der Waals surface area contributed by atoms with Crippen LogP contribution in [0.1, 0.15) is 24.1 Å². The Morgan fingerprint density at radius 1 is 1.58 bits per heavy atom. The number of hydrogen-bond acceptors (Lipinski definition) is 5. The number of pyridine rings is 1. The fourth-order valence-electron chi connectivity index (χ4n) is 2.76. The highest BCUT2D eigenvalue weighted by Gasteiger charge is 2.50. The molecular weight excluding hydrogens is 247 g/mol. The molecule has 102 valence electrons. The predicted octanol–water partition coefficient (Wildman–Crippen LogP) is -0.255. The number of nitrogens with zero attached hydrogens (tertiary/aromatic N) is 1. The maximum atomic E-state index is 11.5. The van der Waals surface area contributed by atoms with Crippen molar-refractivity contribution in [1.29, 1.82) is 0 Å². The Morgan fingerprint density at radius 2 is 2.32 bits per heavy atom. The number of nitrogens with two attached hydrogens (primary N) is 1. The number of hydrogen-bond donors (Lipinski definition) is 4. The molecule has 2 unspecified atom stereocenters. The summed E-state index contributed by atoms with van der Waals surface area (Å²) in [7, 11) is -1.36. The van der Waals surface area contributed by atoms with Gasteiger partial charge in [-0.3, -0.25) is 4.98 Å². The summed E-state index contributed by atoms with van der Waals surface area (Å²) in [5, 5.41) is 27.1. The number of aromatic nitrogens is 1. The van der Waals surface area contributed by atoms with Crippen molar-refractivity contribution in [2.24, 2.45) is 11.7 Å². The van der Waals surface area contributed by atoms with Gasteiger partial charge in [0.15, 0.2) is 0 Å². The molecule has 0 saturated carbocycles. The van der Waals surface area contributed by atoms with E-state index in [0.29, 0.717) is 24.8 Å². The van der Waals surface area contributed by atoms with E-state index in [1.165, 1.54) is 0 Å². The number of carboxylic acid groups (broad SMARTS) is 1. The molecule has 1 aromatic heterocycles. The van der Waals surface area contributed by atoms with Gasteiger partial charge in [0.25, 0.3) is 0 Å². The minimum absolute atomic E-state index is 0.218. The van der Waals surface area contributed by atoms with Crippen LogP contribution in [-0.2, 0) is 16.8 Å². The molecule has 2 atom stereocenters. The molecule has 6 nitrogen and oxygen atoms in total. The zero-order valence-corrected chi connectivity index (χ0v) is 10.5. The standard InChI is InChI=1S/C12H17BN2O4/c14-12(11(16)17)8(3-1-5-13(18)19)7-10-9(12)4-2-6-15-10/h2,4,6,8,18-19H,1,3,5,7,14H2,(H,16,17). The summed E-state index contributed by atoms with van der Waals surface area (Å²) in [6.45, 7) is 0. The normalized spacial score (nSPS) is 25.1. The second-order valence-corrected chi connectivity index (χ2v) is 4.98. The number of rotatable bonds is 5. The first-order valence-electron chi connectivity index (χ1n) is 6.29. The van der Waals surface area contributed by atoms with Gasteiger partial charge in [-0.25, -0.2) is 4.79 Å². The first-order chi connectivity index (χ1) is 8.96. The Balaban J connectivity index is 2.20. The number of fused-ring (bicyclic) bond motifs is 1. The monoisotopic (exact) mass is 264 g/mol. The summed E-state index contributed by atoms with van der Waals surface area (Å²) in [4.78, 5) is 15.7. The van der Waals surface area contributed by atoms with Crippen molar-refractivity contribution in [3.8, 4) is 0 Å². The molecule has 0 aliphatic heterocycles. The molecule has 1 aromatic rings. The van der Waals surface area contributed by atoms with Crippen LogP contribution >= 0.6 is 0 Å². The van der Waals surface area contributed by atoms with E-state index in [1.807, 2.05) is 0 Å². The quantitative estimate of drug-likeness (QED) is 0.544. The largest absolute Gasteiger partial charge is 0.480 e. The van der Waals surface area contributed by atoms with Crippen LogP contribution in [0.15, 0.2) is 18.3 Å². The Morgan fingerprint density at radius 3 is 2.95 bits per heavy atom. The van der Waals surface area contributed by atoms with Crippen LogP contribution in [0, 0.1) is 5.92 Å². The van der Waals surface area contributed by atoms with Crippen LogP contribution in [0.4, 0.5) is 0 Å². The average Bonchev–Trinajstić information content (AvgIpc) is 2.64. The minimum atomic E-state index is -1.43. The Kier molecular flexibility index (Phi) is 3.89. The zero-order valence-electron chi connectivity index (χ0n) is 10.5. The molecule has 0 bridgehead atoms. The first-order valence-corrected chi connectivity index (χ1v) is 6.29. The zero-order chi connectivity index (χ0) is 14.0. The molecule has 0 spiro atoms. The van der Waals surface area contributed by atoms with Crippen molar-refractivity contribution in [2.75, 3.05) is 0 Å². The van der Waals surface area contributed by atoms with Crippen LogP contribution in [0.2, 0.25) is 6.32 Å². The smallest absolute Gasteiger partial charge is 0.451 e. The topological polar surface area (TPSA) is 117 Å². The lowest BCUT2D eigenvalue weighted by Gasteiger charge is -2.27. The molecule has 2 rings (SSSR count). The van der Waals surface area contributed by atoms with Gasteiger partial charge in [0.05, 0.1) is 0 Å². The lowest BCUT2D eigenvalue weighted by Crippen LogP contribution is -2.48. The van der Waals surface area contributed by atoms with E-state index >= 15 is 0 Å². The van der Waals surface area contributed by atoms with Crippen molar-refractivity contribution in [1.82, 2.24) is 4.98 Å². The van der Waals surface area contributed by atoms with Crippen LogP contribution < -0.4 is 5.73 Å². The Labute approximate surface area is 111 Å². The average molecular weight is 264 g/mol. The summed E-state index contributed by atoms with van der Waals surface area (Å²) < 4.78 is 0. The van der Waals surface area contributed by atoms with E-state index in [4.69, 9.17) is 15.8 Å². The van der Waals surface area contributed by atoms with Gasteiger partial charge < -0.3 is 20.9 Å². The highest BCUT2D eigenvalue weighted by atomic mass is 16.4. The highest BCUT2D eigenvalue weighted by molar-refractivity contribution is 6.40. The minimum Gasteiger partial charge on any atom is -0.480 e. The van der Waals surface area contributed by atoms with Crippen molar-refractivity contribution in [2.45, 2.75) is 31.1 Å². The van der Waals surface area contributed by atoms with Crippen molar-refractivity contribution in [3.63, 3.8) is 0 Å². The van der Waals surface area contributed by atoms with E-state index in [-0.39, 0.29) is 12.2 Å². The fraction of sp³-hybridized carbons (Fsp3) is 0.500.